The number of carboxylic acids is 1. The van der Waals surface area contributed by atoms with E-state index in [0.29, 0.717) is 42.5 Å². The molecule has 0 spiro atoms. The highest BCUT2D eigenvalue weighted by atomic mass is 35.5. The van der Waals surface area contributed by atoms with Gasteiger partial charge in [0.15, 0.2) is 0 Å². The molecule has 0 aromatic heterocycles. The summed E-state index contributed by atoms with van der Waals surface area (Å²) in [4.78, 5) is 28.2. The summed E-state index contributed by atoms with van der Waals surface area (Å²) < 4.78 is 5.71. The molecular formula is C21H23ClN2O4. The van der Waals surface area contributed by atoms with E-state index in [9.17, 15) is 14.7 Å². The van der Waals surface area contributed by atoms with Gasteiger partial charge in [-0.2, -0.15) is 0 Å². The second-order valence-corrected chi connectivity index (χ2v) is 7.20. The monoisotopic (exact) mass is 402 g/mol. The van der Waals surface area contributed by atoms with E-state index in [1.165, 1.54) is 0 Å². The van der Waals surface area contributed by atoms with Gasteiger partial charge in [0.25, 0.3) is 5.91 Å². The maximum Gasteiger partial charge on any atom is 0.346 e. The quantitative estimate of drug-likeness (QED) is 0.804. The zero-order valence-corrected chi connectivity index (χ0v) is 16.4. The van der Waals surface area contributed by atoms with Crippen LogP contribution < -0.4 is 4.74 Å². The van der Waals surface area contributed by atoms with Crippen LogP contribution in [0, 0.1) is 0 Å². The molecule has 1 amide bonds. The number of nitrogens with zero attached hydrogens (tertiary/aromatic N) is 2. The van der Waals surface area contributed by atoms with E-state index in [-0.39, 0.29) is 11.9 Å². The minimum atomic E-state index is -1.02. The van der Waals surface area contributed by atoms with Crippen molar-refractivity contribution in [2.24, 2.45) is 0 Å². The van der Waals surface area contributed by atoms with Crippen molar-refractivity contribution in [3.05, 3.63) is 65.2 Å². The summed E-state index contributed by atoms with van der Waals surface area (Å²) in [6.45, 7) is 4.11. The molecule has 0 aliphatic carbocycles. The Morgan fingerprint density at radius 2 is 1.61 bits per heavy atom. The van der Waals surface area contributed by atoms with Crippen molar-refractivity contribution in [3.63, 3.8) is 0 Å². The van der Waals surface area contributed by atoms with Crippen LogP contribution in [-0.4, -0.2) is 65.1 Å². The van der Waals surface area contributed by atoms with Crippen molar-refractivity contribution in [3.8, 4) is 5.75 Å². The minimum Gasteiger partial charge on any atom is -0.478 e. The van der Waals surface area contributed by atoms with Gasteiger partial charge in [-0.25, -0.2) is 4.79 Å². The highest BCUT2D eigenvalue weighted by Gasteiger charge is 2.34. The number of hydrogen-bond acceptors (Lipinski definition) is 4. The Hall–Kier alpha value is -2.57. The van der Waals surface area contributed by atoms with Crippen molar-refractivity contribution < 1.29 is 19.4 Å². The fourth-order valence-electron chi connectivity index (χ4n) is 3.30. The van der Waals surface area contributed by atoms with Gasteiger partial charge in [0.1, 0.15) is 5.75 Å². The van der Waals surface area contributed by atoms with Crippen molar-refractivity contribution in [1.82, 2.24) is 9.80 Å². The second kappa shape index (κ2) is 9.08. The first-order chi connectivity index (χ1) is 13.5. The molecule has 2 atom stereocenters. The van der Waals surface area contributed by atoms with Crippen molar-refractivity contribution in [2.45, 2.75) is 19.1 Å². The van der Waals surface area contributed by atoms with Crippen LogP contribution in [0.25, 0.3) is 0 Å². The standard InChI is InChI=1S/C21H23ClN2O4/c1-15(19(21(26)27)28-18-9-7-17(22)8-10-18)23-11-13-24(14-12-23)20(25)16-5-3-2-4-6-16/h2-10,15,19H,11-14H2,1H3,(H,26,27). The molecule has 1 aliphatic rings. The van der Waals surface area contributed by atoms with Crippen molar-refractivity contribution >= 4 is 23.5 Å². The normalized spacial score (nSPS) is 17.0. The van der Waals surface area contributed by atoms with E-state index >= 15 is 0 Å². The summed E-state index contributed by atoms with van der Waals surface area (Å²) >= 11 is 5.87. The molecule has 1 N–H and O–H groups in total. The van der Waals surface area contributed by atoms with Crippen LogP contribution in [0.3, 0.4) is 0 Å². The minimum absolute atomic E-state index is 0.0000943. The molecule has 7 heteroatoms. The largest absolute Gasteiger partial charge is 0.478 e. The number of rotatable bonds is 6. The molecule has 0 bridgehead atoms. The summed E-state index contributed by atoms with van der Waals surface area (Å²) in [6, 6.07) is 15.5. The summed E-state index contributed by atoms with van der Waals surface area (Å²) in [5.74, 6) is -0.563. The third-order valence-electron chi connectivity index (χ3n) is 4.96. The lowest BCUT2D eigenvalue weighted by atomic mass is 10.1. The van der Waals surface area contributed by atoms with E-state index in [0.717, 1.165) is 0 Å². The van der Waals surface area contributed by atoms with Crippen molar-refractivity contribution in [1.29, 1.82) is 0 Å². The predicted molar refractivity (Wildman–Crippen MR) is 107 cm³/mol. The van der Waals surface area contributed by atoms with Gasteiger partial charge in [-0.15, -0.1) is 0 Å². The van der Waals surface area contributed by atoms with Crippen LogP contribution >= 0.6 is 11.6 Å². The fourth-order valence-corrected chi connectivity index (χ4v) is 3.43. The van der Waals surface area contributed by atoms with E-state index in [1.54, 1.807) is 41.3 Å². The average Bonchev–Trinajstić information content (AvgIpc) is 2.73. The van der Waals surface area contributed by atoms with Gasteiger partial charge in [0.05, 0.1) is 6.04 Å². The lowest BCUT2D eigenvalue weighted by Crippen LogP contribution is -2.56. The van der Waals surface area contributed by atoms with Gasteiger partial charge in [-0.3, -0.25) is 9.69 Å². The van der Waals surface area contributed by atoms with Crippen LogP contribution in [-0.2, 0) is 4.79 Å². The molecule has 28 heavy (non-hydrogen) atoms. The van der Waals surface area contributed by atoms with Crippen LogP contribution in [0.4, 0.5) is 0 Å². The van der Waals surface area contributed by atoms with Crippen molar-refractivity contribution in [2.75, 3.05) is 26.2 Å². The van der Waals surface area contributed by atoms with E-state index in [4.69, 9.17) is 16.3 Å². The summed E-state index contributed by atoms with van der Waals surface area (Å²) in [5.41, 5.74) is 0.665. The first-order valence-corrected chi connectivity index (χ1v) is 9.57. The predicted octanol–water partition coefficient (Wildman–Crippen LogP) is 3.02. The third kappa shape index (κ3) is 4.82. The molecule has 1 saturated heterocycles. The average molecular weight is 403 g/mol. The Morgan fingerprint density at radius 3 is 2.18 bits per heavy atom. The molecule has 0 saturated carbocycles. The Labute approximate surface area is 169 Å². The number of piperazine rings is 1. The molecule has 148 valence electrons. The van der Waals surface area contributed by atoms with E-state index in [2.05, 4.69) is 0 Å². The molecule has 6 nitrogen and oxygen atoms in total. The Kier molecular flexibility index (Phi) is 6.54. The van der Waals surface area contributed by atoms with Crippen LogP contribution in [0.5, 0.6) is 5.75 Å². The maximum atomic E-state index is 12.6. The molecule has 1 fully saturated rings. The smallest absolute Gasteiger partial charge is 0.346 e. The maximum absolute atomic E-state index is 12.6. The van der Waals surface area contributed by atoms with Gasteiger partial charge in [0, 0.05) is 36.8 Å². The number of ether oxygens (including phenoxy) is 1. The van der Waals surface area contributed by atoms with Gasteiger partial charge in [-0.1, -0.05) is 29.8 Å². The zero-order valence-electron chi connectivity index (χ0n) is 15.6. The number of carbonyl (C=O) groups is 2. The highest BCUT2D eigenvalue weighted by Crippen LogP contribution is 2.20. The topological polar surface area (TPSA) is 70.1 Å². The van der Waals surface area contributed by atoms with E-state index < -0.39 is 12.1 Å². The van der Waals surface area contributed by atoms with Gasteiger partial charge in [-0.05, 0) is 43.3 Å². The van der Waals surface area contributed by atoms with Crippen LogP contribution in [0.15, 0.2) is 54.6 Å². The van der Waals surface area contributed by atoms with Gasteiger partial charge < -0.3 is 14.7 Å². The number of halogens is 1. The zero-order chi connectivity index (χ0) is 20.1. The first-order valence-electron chi connectivity index (χ1n) is 9.19. The Balaban J connectivity index is 1.60. The lowest BCUT2D eigenvalue weighted by molar-refractivity contribution is -0.148. The highest BCUT2D eigenvalue weighted by molar-refractivity contribution is 6.30. The molecule has 2 aromatic rings. The number of amides is 1. The third-order valence-corrected chi connectivity index (χ3v) is 5.21. The molecule has 1 heterocycles. The number of carbonyl (C=O) groups excluding carboxylic acids is 1. The summed E-state index contributed by atoms with van der Waals surface area (Å²) in [6.07, 6.45) is -1.02. The molecule has 3 rings (SSSR count). The number of aliphatic carboxylic acids is 1. The van der Waals surface area contributed by atoms with Crippen LogP contribution in [0.1, 0.15) is 17.3 Å². The van der Waals surface area contributed by atoms with Crippen LogP contribution in [0.2, 0.25) is 5.02 Å². The number of hydrogen-bond donors (Lipinski definition) is 1. The second-order valence-electron chi connectivity index (χ2n) is 6.77. The first kappa shape index (κ1) is 20.2. The SMILES string of the molecule is CC(C(Oc1ccc(Cl)cc1)C(=O)O)N1CCN(C(=O)c2ccccc2)CC1. The fraction of sp³-hybridized carbons (Fsp3) is 0.333. The summed E-state index contributed by atoms with van der Waals surface area (Å²) in [5, 5.41) is 10.2. The molecular weight excluding hydrogens is 380 g/mol. The lowest BCUT2D eigenvalue weighted by Gasteiger charge is -2.39. The van der Waals surface area contributed by atoms with E-state index in [1.807, 2.05) is 30.0 Å². The van der Waals surface area contributed by atoms with Gasteiger partial charge >= 0.3 is 5.97 Å². The number of benzene rings is 2. The van der Waals surface area contributed by atoms with Gasteiger partial charge in [0.2, 0.25) is 6.10 Å². The molecule has 2 aromatic carbocycles. The molecule has 2 unspecified atom stereocenters. The molecule has 0 radical (unpaired) electrons. The molecule has 1 aliphatic heterocycles. The Bertz CT molecular complexity index is 805. The Morgan fingerprint density at radius 1 is 1.00 bits per heavy atom. The number of carboxylic acid groups (broad SMARTS) is 1. The summed E-state index contributed by atoms with van der Waals surface area (Å²) in [7, 11) is 0.